The van der Waals surface area contributed by atoms with E-state index >= 15 is 0 Å². The number of rotatable bonds is 2. The number of carbonyl (C=O) groups excluding carboxylic acids is 1. The summed E-state index contributed by atoms with van der Waals surface area (Å²) in [5, 5.41) is 0. The quantitative estimate of drug-likeness (QED) is 0.772. The van der Waals surface area contributed by atoms with Crippen LogP contribution in [0.5, 0.6) is 0 Å². The first-order valence-corrected chi connectivity index (χ1v) is 6.30. The van der Waals surface area contributed by atoms with Gasteiger partial charge in [-0.15, -0.1) is 0 Å². The van der Waals surface area contributed by atoms with Crippen molar-refractivity contribution in [2.75, 3.05) is 6.61 Å². The molecule has 2 aliphatic rings. The zero-order valence-electron chi connectivity index (χ0n) is 10.3. The van der Waals surface area contributed by atoms with Gasteiger partial charge in [-0.25, -0.2) is 0 Å². The minimum absolute atomic E-state index is 0.0728. The molecule has 1 fully saturated rings. The van der Waals surface area contributed by atoms with Gasteiger partial charge in [-0.05, 0) is 42.5 Å². The first-order chi connectivity index (χ1) is 8.93. The third kappa shape index (κ3) is 1.91. The summed E-state index contributed by atoms with van der Waals surface area (Å²) < 4.78 is 43.0. The lowest BCUT2D eigenvalue weighted by Crippen LogP contribution is -2.12. The molecule has 1 aromatic rings. The molecule has 5 heteroatoms. The smallest absolute Gasteiger partial charge is 0.416 e. The van der Waals surface area contributed by atoms with Crippen LogP contribution in [0.2, 0.25) is 0 Å². The molecule has 2 nitrogen and oxygen atoms in total. The van der Waals surface area contributed by atoms with Gasteiger partial charge in [0.1, 0.15) is 0 Å². The molecule has 0 bridgehead atoms. The second-order valence-corrected chi connectivity index (χ2v) is 5.08. The number of benzene rings is 1. The van der Waals surface area contributed by atoms with Crippen LogP contribution in [0.4, 0.5) is 13.2 Å². The van der Waals surface area contributed by atoms with Gasteiger partial charge in [0, 0.05) is 5.92 Å². The molecule has 1 aromatic carbocycles. The highest BCUT2D eigenvalue weighted by Gasteiger charge is 2.60. The Bertz CT molecular complexity index is 536. The maximum absolute atomic E-state index is 12.7. The van der Waals surface area contributed by atoms with Gasteiger partial charge in [-0.2, -0.15) is 13.2 Å². The van der Waals surface area contributed by atoms with Gasteiger partial charge in [0.2, 0.25) is 0 Å². The van der Waals surface area contributed by atoms with Crippen LogP contribution in [-0.2, 0) is 22.1 Å². The molecule has 1 saturated carbocycles. The van der Waals surface area contributed by atoms with Crippen molar-refractivity contribution in [3.05, 3.63) is 34.9 Å². The molecular weight excluding hydrogens is 257 g/mol. The Hall–Kier alpha value is -1.52. The number of esters is 1. The van der Waals surface area contributed by atoms with Crippen molar-refractivity contribution in [3.63, 3.8) is 0 Å². The number of fused-ring (bicyclic) bond motifs is 3. The van der Waals surface area contributed by atoms with E-state index in [2.05, 4.69) is 0 Å². The van der Waals surface area contributed by atoms with Crippen molar-refractivity contribution in [1.29, 1.82) is 0 Å². The SMILES string of the molecule is CCOC(=O)C1C2Cc3ccc(C(F)(F)F)cc3C21. The van der Waals surface area contributed by atoms with Gasteiger partial charge in [0.05, 0.1) is 18.1 Å². The van der Waals surface area contributed by atoms with Gasteiger partial charge < -0.3 is 4.74 Å². The number of carbonyl (C=O) groups is 1. The second kappa shape index (κ2) is 3.99. The van der Waals surface area contributed by atoms with Crippen LogP contribution >= 0.6 is 0 Å². The Labute approximate surface area is 108 Å². The lowest BCUT2D eigenvalue weighted by Gasteiger charge is -2.11. The molecule has 0 aliphatic heterocycles. The van der Waals surface area contributed by atoms with Gasteiger partial charge >= 0.3 is 12.1 Å². The molecule has 0 spiro atoms. The molecule has 0 N–H and O–H groups in total. The van der Waals surface area contributed by atoms with E-state index in [9.17, 15) is 18.0 Å². The zero-order valence-corrected chi connectivity index (χ0v) is 10.3. The van der Waals surface area contributed by atoms with Crippen molar-refractivity contribution in [3.8, 4) is 0 Å². The van der Waals surface area contributed by atoms with E-state index in [0.29, 0.717) is 18.6 Å². The fourth-order valence-corrected chi connectivity index (χ4v) is 3.13. The average Bonchev–Trinajstić information content (AvgIpc) is 2.92. The number of ether oxygens (including phenoxy) is 1. The van der Waals surface area contributed by atoms with Crippen molar-refractivity contribution in [2.24, 2.45) is 11.8 Å². The number of hydrogen-bond acceptors (Lipinski definition) is 2. The minimum Gasteiger partial charge on any atom is -0.466 e. The summed E-state index contributed by atoms with van der Waals surface area (Å²) in [6.07, 6.45) is -3.65. The van der Waals surface area contributed by atoms with Crippen LogP contribution in [0, 0.1) is 11.8 Å². The van der Waals surface area contributed by atoms with Gasteiger partial charge in [0.15, 0.2) is 0 Å². The van der Waals surface area contributed by atoms with Crippen molar-refractivity contribution in [1.82, 2.24) is 0 Å². The first kappa shape index (κ1) is 12.5. The molecule has 3 unspecified atom stereocenters. The predicted molar refractivity (Wildman–Crippen MR) is 61.5 cm³/mol. The van der Waals surface area contributed by atoms with Crippen LogP contribution in [0.3, 0.4) is 0 Å². The molecule has 0 aromatic heterocycles. The highest BCUT2D eigenvalue weighted by Crippen LogP contribution is 2.62. The highest BCUT2D eigenvalue weighted by molar-refractivity contribution is 5.79. The number of hydrogen-bond donors (Lipinski definition) is 0. The first-order valence-electron chi connectivity index (χ1n) is 6.30. The van der Waals surface area contributed by atoms with Crippen LogP contribution < -0.4 is 0 Å². The predicted octanol–water partition coefficient (Wildman–Crippen LogP) is 3.15. The highest BCUT2D eigenvalue weighted by atomic mass is 19.4. The van der Waals surface area contributed by atoms with E-state index < -0.39 is 11.7 Å². The summed E-state index contributed by atoms with van der Waals surface area (Å²) >= 11 is 0. The summed E-state index contributed by atoms with van der Waals surface area (Å²) in [6.45, 7) is 2.04. The molecule has 3 rings (SSSR count). The monoisotopic (exact) mass is 270 g/mol. The summed E-state index contributed by atoms with van der Waals surface area (Å²) in [6, 6.07) is 3.84. The maximum atomic E-state index is 12.7. The third-order valence-corrected chi connectivity index (χ3v) is 4.02. The van der Waals surface area contributed by atoms with E-state index in [1.807, 2.05) is 0 Å². The van der Waals surface area contributed by atoms with Crippen molar-refractivity contribution < 1.29 is 22.7 Å². The Morgan fingerprint density at radius 1 is 1.42 bits per heavy atom. The van der Waals surface area contributed by atoms with E-state index in [-0.39, 0.29) is 23.7 Å². The van der Waals surface area contributed by atoms with Crippen molar-refractivity contribution >= 4 is 5.97 Å². The van der Waals surface area contributed by atoms with Crippen molar-refractivity contribution in [2.45, 2.75) is 25.4 Å². The molecule has 0 saturated heterocycles. The number of halogens is 3. The van der Waals surface area contributed by atoms with Crippen LogP contribution in [0.25, 0.3) is 0 Å². The molecule has 0 amide bonds. The average molecular weight is 270 g/mol. The molecule has 102 valence electrons. The van der Waals surface area contributed by atoms with E-state index in [4.69, 9.17) is 4.74 Å². The minimum atomic E-state index is -4.33. The van der Waals surface area contributed by atoms with Crippen LogP contribution in [-0.4, -0.2) is 12.6 Å². The van der Waals surface area contributed by atoms with Gasteiger partial charge in [-0.3, -0.25) is 4.79 Å². The fraction of sp³-hybridized carbons (Fsp3) is 0.500. The molecule has 3 atom stereocenters. The molecule has 0 heterocycles. The normalized spacial score (nSPS) is 27.7. The standard InChI is InChI=1S/C14H13F3O2/c1-2-19-13(18)12-10-5-7-3-4-8(14(15,16)17)6-9(7)11(10)12/h3-4,6,10-12H,2,5H2,1H3. The third-order valence-electron chi connectivity index (χ3n) is 4.02. The molecule has 19 heavy (non-hydrogen) atoms. The largest absolute Gasteiger partial charge is 0.466 e. The lowest BCUT2D eigenvalue weighted by molar-refractivity contribution is -0.145. The molecule has 0 radical (unpaired) electrons. The van der Waals surface area contributed by atoms with E-state index in [1.165, 1.54) is 12.1 Å². The van der Waals surface area contributed by atoms with Gasteiger partial charge in [-0.1, -0.05) is 6.07 Å². The Balaban J connectivity index is 1.86. The van der Waals surface area contributed by atoms with Crippen LogP contribution in [0.1, 0.15) is 29.5 Å². The summed E-state index contributed by atoms with van der Waals surface area (Å²) in [7, 11) is 0. The van der Waals surface area contributed by atoms with E-state index in [1.54, 1.807) is 6.92 Å². The Morgan fingerprint density at radius 3 is 2.79 bits per heavy atom. The van der Waals surface area contributed by atoms with E-state index in [0.717, 1.165) is 11.6 Å². The molecular formula is C14H13F3O2. The summed E-state index contributed by atoms with van der Waals surface area (Å²) in [5.41, 5.74) is 0.975. The maximum Gasteiger partial charge on any atom is 0.416 e. The molecule has 2 aliphatic carbocycles. The topological polar surface area (TPSA) is 26.3 Å². The Morgan fingerprint density at radius 2 is 2.16 bits per heavy atom. The zero-order chi connectivity index (χ0) is 13.8. The second-order valence-electron chi connectivity index (χ2n) is 5.08. The number of alkyl halides is 3. The summed E-state index contributed by atoms with van der Waals surface area (Å²) in [5.74, 6) is -0.453. The van der Waals surface area contributed by atoms with Gasteiger partial charge in [0.25, 0.3) is 0 Å². The van der Waals surface area contributed by atoms with Crippen LogP contribution in [0.15, 0.2) is 18.2 Å². The fourth-order valence-electron chi connectivity index (χ4n) is 3.13. The Kier molecular flexibility index (Phi) is 2.62. The summed E-state index contributed by atoms with van der Waals surface area (Å²) in [4.78, 5) is 11.7. The lowest BCUT2D eigenvalue weighted by atomic mass is 9.99.